The van der Waals surface area contributed by atoms with E-state index >= 15 is 0 Å². The van der Waals surface area contributed by atoms with Crippen molar-refractivity contribution in [2.24, 2.45) is 22.7 Å². The van der Waals surface area contributed by atoms with E-state index in [-0.39, 0.29) is 16.8 Å². The average molecular weight is 464 g/mol. The zero-order chi connectivity index (χ0) is 24.2. The molecule has 4 nitrogen and oxygen atoms in total. The Balaban J connectivity index is 1.39. The summed E-state index contributed by atoms with van der Waals surface area (Å²) in [5, 5.41) is 3.54. The van der Waals surface area contributed by atoms with Crippen molar-refractivity contribution in [1.29, 1.82) is 0 Å². The predicted octanol–water partition coefficient (Wildman–Crippen LogP) is 6.50. The number of nitrogens with one attached hydrogen (secondary N) is 1. The van der Waals surface area contributed by atoms with Crippen molar-refractivity contribution in [2.45, 2.75) is 71.8 Å². The van der Waals surface area contributed by atoms with Gasteiger partial charge in [0.25, 0.3) is 0 Å². The molecule has 34 heavy (non-hydrogen) atoms. The summed E-state index contributed by atoms with van der Waals surface area (Å²) in [6, 6.07) is 12.7. The molecule has 0 radical (unpaired) electrons. The van der Waals surface area contributed by atoms with E-state index < -0.39 is 0 Å². The van der Waals surface area contributed by atoms with Gasteiger partial charge in [-0.2, -0.15) is 0 Å². The maximum atomic E-state index is 12.8. The first kappa shape index (κ1) is 24.8. The molecule has 1 aromatic heterocycles. The van der Waals surface area contributed by atoms with Gasteiger partial charge in [-0.05, 0) is 92.9 Å². The van der Waals surface area contributed by atoms with Crippen molar-refractivity contribution >= 4 is 5.97 Å². The zero-order valence-corrected chi connectivity index (χ0v) is 21.2. The second-order valence-electron chi connectivity index (χ2n) is 10.9. The molecule has 4 rings (SSSR count). The van der Waals surface area contributed by atoms with Crippen LogP contribution >= 0.6 is 0 Å². The highest BCUT2D eigenvalue weighted by Crippen LogP contribution is 2.62. The molecule has 4 atom stereocenters. The van der Waals surface area contributed by atoms with Crippen LogP contribution in [0.25, 0.3) is 0 Å². The first-order valence-electron chi connectivity index (χ1n) is 12.9. The summed E-state index contributed by atoms with van der Waals surface area (Å²) in [7, 11) is 1.53. The van der Waals surface area contributed by atoms with Gasteiger partial charge in [-0.1, -0.05) is 55.8 Å². The summed E-state index contributed by atoms with van der Waals surface area (Å²) in [4.78, 5) is 12.8. The van der Waals surface area contributed by atoms with E-state index in [4.69, 9.17) is 9.15 Å². The van der Waals surface area contributed by atoms with Gasteiger partial charge in [-0.3, -0.25) is 4.79 Å². The zero-order valence-electron chi connectivity index (χ0n) is 21.2. The van der Waals surface area contributed by atoms with Crippen LogP contribution in [0.2, 0.25) is 0 Å². The third-order valence-electron chi connectivity index (χ3n) is 8.93. The first-order chi connectivity index (χ1) is 16.4. The third kappa shape index (κ3) is 4.88. The fourth-order valence-corrected chi connectivity index (χ4v) is 7.08. The maximum absolute atomic E-state index is 12.8. The number of hydrogen-bond acceptors (Lipinski definition) is 4. The van der Waals surface area contributed by atoms with Crippen LogP contribution < -0.4 is 5.32 Å². The van der Waals surface area contributed by atoms with Crippen molar-refractivity contribution in [1.82, 2.24) is 5.32 Å². The van der Waals surface area contributed by atoms with E-state index in [0.29, 0.717) is 11.8 Å². The van der Waals surface area contributed by atoms with Gasteiger partial charge in [-0.25, -0.2) is 0 Å². The molecule has 2 aliphatic rings. The molecule has 184 valence electrons. The lowest BCUT2D eigenvalue weighted by Gasteiger charge is -2.57. The van der Waals surface area contributed by atoms with Gasteiger partial charge in [0.05, 0.1) is 25.3 Å². The van der Waals surface area contributed by atoms with E-state index in [1.165, 1.54) is 23.8 Å². The molecule has 2 saturated carbocycles. The molecular weight excluding hydrogens is 422 g/mol. The molecule has 4 heteroatoms. The first-order valence-corrected chi connectivity index (χ1v) is 12.9. The van der Waals surface area contributed by atoms with Crippen LogP contribution in [0.15, 0.2) is 59.2 Å². The number of hydrogen-bond donors (Lipinski definition) is 1. The highest BCUT2D eigenvalue weighted by Gasteiger charge is 2.57. The van der Waals surface area contributed by atoms with Gasteiger partial charge in [0, 0.05) is 0 Å². The van der Waals surface area contributed by atoms with Gasteiger partial charge in [0.15, 0.2) is 0 Å². The second-order valence-corrected chi connectivity index (χ2v) is 10.9. The molecule has 0 unspecified atom stereocenters. The molecule has 1 aromatic carbocycles. The van der Waals surface area contributed by atoms with Crippen LogP contribution in [0.1, 0.15) is 69.3 Å². The number of benzene rings is 1. The Kier molecular flexibility index (Phi) is 7.67. The molecule has 1 N–H and O–H groups in total. The van der Waals surface area contributed by atoms with Crippen LogP contribution in [0.3, 0.4) is 0 Å². The number of allylic oxidation sites excluding steroid dienone is 1. The lowest BCUT2D eigenvalue weighted by molar-refractivity contribution is -0.168. The minimum atomic E-state index is -0.385. The summed E-state index contributed by atoms with van der Waals surface area (Å²) in [6.07, 6.45) is 10.1. The Morgan fingerprint density at radius 3 is 2.74 bits per heavy atom. The molecule has 2 aromatic rings. The Labute approximate surface area is 205 Å². The van der Waals surface area contributed by atoms with Crippen molar-refractivity contribution in [3.05, 3.63) is 71.7 Å². The number of ether oxygens (including phenoxy) is 1. The molecule has 0 bridgehead atoms. The summed E-state index contributed by atoms with van der Waals surface area (Å²) < 4.78 is 11.1. The Morgan fingerprint density at radius 2 is 1.97 bits per heavy atom. The Morgan fingerprint density at radius 1 is 1.18 bits per heavy atom. The predicted molar refractivity (Wildman–Crippen MR) is 136 cm³/mol. The Hall–Kier alpha value is -2.33. The number of carbonyl (C=O) groups excluding carboxylic acids is 1. The standard InChI is InChI=1S/C30H41NO3/c1-22-11-14-27-29(2,17-8-18-30(27,3)28(32)33-4)25(22)13-12-24-16-20-34-26(24)21-31-19-15-23-9-6-5-7-10-23/h5-7,9-10,16,20,25,27,31H,1,8,11-15,17-19,21H2,2-4H3/t25-,27+,29+,30-/m0/s1. The van der Waals surface area contributed by atoms with Gasteiger partial charge in [-0.15, -0.1) is 0 Å². The highest BCUT2D eigenvalue weighted by molar-refractivity contribution is 5.77. The van der Waals surface area contributed by atoms with Crippen molar-refractivity contribution in [3.8, 4) is 0 Å². The lowest BCUT2D eigenvalue weighted by atomic mass is 9.46. The van der Waals surface area contributed by atoms with Crippen LogP contribution in [0.4, 0.5) is 0 Å². The van der Waals surface area contributed by atoms with Crippen LogP contribution in [-0.2, 0) is 28.9 Å². The molecule has 0 saturated heterocycles. The highest BCUT2D eigenvalue weighted by atomic mass is 16.5. The van der Waals surface area contributed by atoms with E-state index in [1.54, 1.807) is 0 Å². The second kappa shape index (κ2) is 10.5. The van der Waals surface area contributed by atoms with Crippen LogP contribution in [-0.4, -0.2) is 19.6 Å². The molecular formula is C30H41NO3. The number of esters is 1. The summed E-state index contributed by atoms with van der Waals surface area (Å²) in [5.74, 6) is 1.78. The third-order valence-corrected chi connectivity index (χ3v) is 8.93. The quantitative estimate of drug-likeness (QED) is 0.262. The molecule has 0 amide bonds. The molecule has 0 aliphatic heterocycles. The monoisotopic (exact) mass is 463 g/mol. The van der Waals surface area contributed by atoms with Crippen molar-refractivity contribution in [2.75, 3.05) is 13.7 Å². The van der Waals surface area contributed by atoms with Gasteiger partial charge in [0.1, 0.15) is 5.76 Å². The largest absolute Gasteiger partial charge is 0.469 e. The number of rotatable bonds is 9. The number of furan rings is 1. The summed E-state index contributed by atoms with van der Waals surface area (Å²) in [6.45, 7) is 10.7. The van der Waals surface area contributed by atoms with E-state index in [2.05, 4.69) is 62.1 Å². The smallest absolute Gasteiger partial charge is 0.311 e. The summed E-state index contributed by atoms with van der Waals surface area (Å²) in [5.41, 5.74) is 3.70. The van der Waals surface area contributed by atoms with Crippen molar-refractivity contribution < 1.29 is 13.9 Å². The average Bonchev–Trinajstić information content (AvgIpc) is 3.28. The fourth-order valence-electron chi connectivity index (χ4n) is 7.08. The van der Waals surface area contributed by atoms with E-state index in [0.717, 1.165) is 70.2 Å². The minimum absolute atomic E-state index is 0.0339. The molecule has 2 fully saturated rings. The maximum Gasteiger partial charge on any atom is 0.311 e. The minimum Gasteiger partial charge on any atom is -0.469 e. The topological polar surface area (TPSA) is 51.5 Å². The van der Waals surface area contributed by atoms with Crippen molar-refractivity contribution in [3.63, 3.8) is 0 Å². The van der Waals surface area contributed by atoms with Crippen LogP contribution in [0.5, 0.6) is 0 Å². The molecule has 0 spiro atoms. The van der Waals surface area contributed by atoms with E-state index in [9.17, 15) is 4.79 Å². The fraction of sp³-hybridized carbons (Fsp3) is 0.567. The van der Waals surface area contributed by atoms with Crippen LogP contribution in [0, 0.1) is 22.7 Å². The van der Waals surface area contributed by atoms with E-state index in [1.807, 2.05) is 6.26 Å². The SMILES string of the molecule is C=C1CC[C@@H]2[C@](C)(CCC[C@]2(C)C(=O)OC)[C@H]1CCc1ccoc1CNCCc1ccccc1. The normalized spacial score (nSPS) is 29.0. The molecule has 2 aliphatic carbocycles. The number of aryl methyl sites for hydroxylation is 1. The number of carbonyl (C=O) groups is 1. The molecule has 1 heterocycles. The Bertz CT molecular complexity index is 980. The van der Waals surface area contributed by atoms with Gasteiger partial charge >= 0.3 is 5.97 Å². The number of methoxy groups -OCH3 is 1. The summed E-state index contributed by atoms with van der Waals surface area (Å²) >= 11 is 0. The lowest BCUT2D eigenvalue weighted by Crippen LogP contribution is -2.53. The van der Waals surface area contributed by atoms with Gasteiger partial charge in [0.2, 0.25) is 0 Å². The van der Waals surface area contributed by atoms with Gasteiger partial charge < -0.3 is 14.5 Å². The number of fused-ring (bicyclic) bond motifs is 1.